The summed E-state index contributed by atoms with van der Waals surface area (Å²) >= 11 is 0. The second-order valence-corrected chi connectivity index (χ2v) is 18.1. The molecular weight excluding hydrogens is 862 g/mol. The molecule has 5 heteroatoms. The minimum Gasteiger partial charge on any atom is -0.457 e. The summed E-state index contributed by atoms with van der Waals surface area (Å²) in [6.45, 7) is -0.126. The molecule has 71 heavy (non-hydrogen) atoms. The van der Waals surface area contributed by atoms with Crippen molar-refractivity contribution in [3.05, 3.63) is 279 Å². The first-order valence-corrected chi connectivity index (χ1v) is 24.3. The van der Waals surface area contributed by atoms with Crippen molar-refractivity contribution in [3.8, 4) is 44.9 Å². The van der Waals surface area contributed by atoms with Crippen molar-refractivity contribution in [3.63, 3.8) is 0 Å². The zero-order chi connectivity index (χ0) is 47.1. The average molecular weight is 908 g/mol. The predicted octanol–water partition coefficient (Wildman–Crippen LogP) is 16.0. The van der Waals surface area contributed by atoms with Crippen molar-refractivity contribution in [1.82, 2.24) is 0 Å². The molecule has 0 radical (unpaired) electrons. The van der Waals surface area contributed by atoms with Crippen molar-refractivity contribution in [2.75, 3.05) is 14.7 Å². The topological polar surface area (TPSA) is 19.0 Å². The third-order valence-electron chi connectivity index (χ3n) is 13.8. The van der Waals surface area contributed by atoms with Gasteiger partial charge in [0.15, 0.2) is 0 Å². The Balaban J connectivity index is 1.11. The molecule has 0 saturated heterocycles. The smallest absolute Gasteiger partial charge is 0.252 e. The molecule has 11 aromatic carbocycles. The second-order valence-electron chi connectivity index (χ2n) is 18.1. The lowest BCUT2D eigenvalue weighted by Crippen LogP contribution is -2.61. The van der Waals surface area contributed by atoms with Crippen LogP contribution >= 0.6 is 0 Å². The Morgan fingerprint density at radius 3 is 1.18 bits per heavy atom. The summed E-state index contributed by atoms with van der Waals surface area (Å²) in [5, 5.41) is 0. The number of nitrogens with zero attached hydrogens (tertiary/aromatic N) is 3. The fourth-order valence-electron chi connectivity index (χ4n) is 10.7. The van der Waals surface area contributed by atoms with Crippen molar-refractivity contribution in [2.24, 2.45) is 0 Å². The molecule has 11 aromatic rings. The van der Waals surface area contributed by atoms with Crippen molar-refractivity contribution in [2.45, 2.75) is 0 Å². The van der Waals surface area contributed by atoms with Crippen molar-refractivity contribution < 1.29 is 4.74 Å². The van der Waals surface area contributed by atoms with E-state index in [4.69, 9.17) is 4.74 Å². The number of ether oxygens (including phenoxy) is 1. The largest absolute Gasteiger partial charge is 0.457 e. The minimum absolute atomic E-state index is 0.126. The highest BCUT2D eigenvalue weighted by atomic mass is 16.5. The predicted molar refractivity (Wildman–Crippen MR) is 298 cm³/mol. The molecule has 334 valence electrons. The number of hydrogen-bond acceptors (Lipinski definition) is 4. The molecule has 0 saturated carbocycles. The molecule has 0 aliphatic carbocycles. The third kappa shape index (κ3) is 7.71. The van der Waals surface area contributed by atoms with E-state index in [0.717, 1.165) is 84.9 Å². The van der Waals surface area contributed by atoms with Gasteiger partial charge in [0.1, 0.15) is 11.5 Å². The minimum atomic E-state index is -0.126. The molecule has 0 fully saturated rings. The van der Waals surface area contributed by atoms with Crippen LogP contribution < -0.4 is 35.8 Å². The number of fused-ring (bicyclic) bond motifs is 4. The van der Waals surface area contributed by atoms with E-state index in [9.17, 15) is 0 Å². The summed E-state index contributed by atoms with van der Waals surface area (Å²) in [5.74, 6) is 1.52. The van der Waals surface area contributed by atoms with Crippen LogP contribution in [0.15, 0.2) is 279 Å². The molecule has 0 unspecified atom stereocenters. The summed E-state index contributed by atoms with van der Waals surface area (Å²) in [6.07, 6.45) is 0. The molecule has 0 bridgehead atoms. The van der Waals surface area contributed by atoms with E-state index >= 15 is 0 Å². The highest BCUT2D eigenvalue weighted by Crippen LogP contribution is 2.49. The molecule has 13 rings (SSSR count). The van der Waals surface area contributed by atoms with Crippen molar-refractivity contribution in [1.29, 1.82) is 0 Å². The first-order valence-electron chi connectivity index (χ1n) is 24.3. The molecule has 0 N–H and O–H groups in total. The van der Waals surface area contributed by atoms with Crippen LogP contribution in [-0.2, 0) is 0 Å². The van der Waals surface area contributed by atoms with Crippen LogP contribution in [0, 0.1) is 0 Å². The number of rotatable bonds is 10. The van der Waals surface area contributed by atoms with E-state index in [-0.39, 0.29) is 6.71 Å². The van der Waals surface area contributed by atoms with Gasteiger partial charge in [-0.05, 0) is 129 Å². The molecule has 0 atom stereocenters. The Hall–Kier alpha value is -9.32. The Morgan fingerprint density at radius 2 is 0.690 bits per heavy atom. The van der Waals surface area contributed by atoms with Gasteiger partial charge in [0.25, 0.3) is 6.71 Å². The van der Waals surface area contributed by atoms with Gasteiger partial charge in [-0.25, -0.2) is 0 Å². The van der Waals surface area contributed by atoms with Gasteiger partial charge in [0.2, 0.25) is 0 Å². The van der Waals surface area contributed by atoms with E-state index in [1.807, 2.05) is 30.3 Å². The van der Waals surface area contributed by atoms with E-state index in [1.165, 1.54) is 27.5 Å². The maximum atomic E-state index is 6.99. The average Bonchev–Trinajstić information content (AvgIpc) is 3.44. The fourth-order valence-corrected chi connectivity index (χ4v) is 10.7. The fraction of sp³-hybridized carbons (Fsp3) is 0. The summed E-state index contributed by atoms with van der Waals surface area (Å²) < 4.78 is 6.99. The standard InChI is InChI=1S/C66H46BN3O/c1-7-21-47(22-8-1)50-27-19-33-55(41-50)69-62-43-52(49-25-11-3-12-26-49)37-39-60(62)67-61-40-38-57(68(53-29-13-4-14-30-53)54-31-15-5-16-32-54)44-63(61)70(56-34-20-28-51(42-56)48-23-9-2-10-24-48)65-46-59(45-64(69)66(65)67)71-58-35-17-6-18-36-58/h1-46H. The molecule has 4 nitrogen and oxygen atoms in total. The SMILES string of the molecule is c1ccc(Oc2cc3c4c(c2)N(c2cccc(-c5ccccc5)c2)c2cc(N(c5ccccc5)c5ccccc5)ccc2B4c2ccc(-c4ccccc4)cc2N3c2cccc(-c3ccccc3)c2)cc1. The number of hydrogen-bond donors (Lipinski definition) is 0. The van der Waals surface area contributed by atoms with Crippen LogP contribution in [0.1, 0.15) is 0 Å². The van der Waals surface area contributed by atoms with Gasteiger partial charge >= 0.3 is 0 Å². The van der Waals surface area contributed by atoms with Crippen LogP contribution in [0.2, 0.25) is 0 Å². The summed E-state index contributed by atoms with van der Waals surface area (Å²) in [7, 11) is 0. The van der Waals surface area contributed by atoms with Crippen LogP contribution in [0.3, 0.4) is 0 Å². The molecule has 0 spiro atoms. The summed E-state index contributed by atoms with van der Waals surface area (Å²) in [4.78, 5) is 7.32. The Kier molecular flexibility index (Phi) is 10.6. The summed E-state index contributed by atoms with van der Waals surface area (Å²) in [6, 6.07) is 100. The Bertz CT molecular complexity index is 3650. The maximum absolute atomic E-state index is 6.99. The summed E-state index contributed by atoms with van der Waals surface area (Å²) in [5.41, 5.74) is 20.3. The first kappa shape index (κ1) is 41.8. The molecule has 0 amide bonds. The molecule has 0 aromatic heterocycles. The van der Waals surface area contributed by atoms with Crippen LogP contribution in [-0.4, -0.2) is 6.71 Å². The second kappa shape index (κ2) is 18.0. The van der Waals surface area contributed by atoms with Crippen LogP contribution in [0.25, 0.3) is 33.4 Å². The van der Waals surface area contributed by atoms with Crippen LogP contribution in [0.4, 0.5) is 51.2 Å². The number of anilines is 9. The highest BCUT2D eigenvalue weighted by Gasteiger charge is 2.44. The number of para-hydroxylation sites is 3. The van der Waals surface area contributed by atoms with Gasteiger partial charge in [0.05, 0.1) is 0 Å². The van der Waals surface area contributed by atoms with E-state index in [2.05, 4.69) is 263 Å². The van der Waals surface area contributed by atoms with E-state index in [1.54, 1.807) is 0 Å². The van der Waals surface area contributed by atoms with Gasteiger partial charge in [-0.15, -0.1) is 0 Å². The molecule has 2 aliphatic heterocycles. The lowest BCUT2D eigenvalue weighted by molar-refractivity contribution is 0.483. The Labute approximate surface area is 415 Å². The lowest BCUT2D eigenvalue weighted by atomic mass is 9.33. The van der Waals surface area contributed by atoms with Crippen molar-refractivity contribution >= 4 is 74.3 Å². The third-order valence-corrected chi connectivity index (χ3v) is 13.8. The van der Waals surface area contributed by atoms with E-state index < -0.39 is 0 Å². The van der Waals surface area contributed by atoms with E-state index in [0.29, 0.717) is 0 Å². The number of benzene rings is 11. The van der Waals surface area contributed by atoms with Gasteiger partial charge in [-0.2, -0.15) is 0 Å². The van der Waals surface area contributed by atoms with Gasteiger partial charge < -0.3 is 19.4 Å². The van der Waals surface area contributed by atoms with Gasteiger partial charge in [0, 0.05) is 63.3 Å². The monoisotopic (exact) mass is 907 g/mol. The highest BCUT2D eigenvalue weighted by molar-refractivity contribution is 7.00. The normalized spacial score (nSPS) is 12.1. The van der Waals surface area contributed by atoms with Gasteiger partial charge in [-0.3, -0.25) is 0 Å². The zero-order valence-corrected chi connectivity index (χ0v) is 38.9. The first-order chi connectivity index (χ1) is 35.2. The zero-order valence-electron chi connectivity index (χ0n) is 38.9. The van der Waals surface area contributed by atoms with Crippen LogP contribution in [0.5, 0.6) is 11.5 Å². The van der Waals surface area contributed by atoms with Gasteiger partial charge in [-0.1, -0.05) is 188 Å². The molecule has 2 heterocycles. The lowest BCUT2D eigenvalue weighted by Gasteiger charge is -2.45. The quantitative estimate of drug-likeness (QED) is 0.127. The maximum Gasteiger partial charge on any atom is 0.252 e. The Morgan fingerprint density at radius 1 is 0.282 bits per heavy atom. The molecule has 2 aliphatic rings. The molecular formula is C66H46BN3O.